The molecule has 2 aromatic rings. The Morgan fingerprint density at radius 1 is 0.952 bits per heavy atom. The van der Waals surface area contributed by atoms with Gasteiger partial charge in [-0.05, 0) is 42.8 Å². The fraction of sp³-hybridized carbons (Fsp3) is 0.250. The lowest BCUT2D eigenvalue weighted by Crippen LogP contribution is -2.14. The van der Waals surface area contributed by atoms with E-state index in [1.165, 1.54) is 11.3 Å². The first-order valence-corrected chi connectivity index (χ1v) is 8.94. The maximum absolute atomic E-state index is 3.63. The Kier molecular flexibility index (Phi) is 5.74. The van der Waals surface area contributed by atoms with Crippen molar-refractivity contribution >= 4 is 59.2 Å². The molecule has 5 heteroatoms. The molecule has 0 aromatic heterocycles. The summed E-state index contributed by atoms with van der Waals surface area (Å²) in [6.45, 7) is 2.16. The molecular formula is C16H17Br3N2. The molecule has 2 rings (SSSR count). The summed E-state index contributed by atoms with van der Waals surface area (Å²) in [6.07, 6.45) is 0. The highest BCUT2D eigenvalue weighted by molar-refractivity contribution is 9.11. The van der Waals surface area contributed by atoms with E-state index in [1.807, 2.05) is 0 Å². The lowest BCUT2D eigenvalue weighted by atomic mass is 10.1. The van der Waals surface area contributed by atoms with Crippen LogP contribution in [0.5, 0.6) is 0 Å². The number of nitrogens with one attached hydrogen (secondary N) is 1. The van der Waals surface area contributed by atoms with Crippen LogP contribution in [0.2, 0.25) is 0 Å². The predicted octanol–water partition coefficient (Wildman–Crippen LogP) is 6.21. The Bertz CT molecular complexity index is 641. The van der Waals surface area contributed by atoms with Crippen LogP contribution in [0.4, 0.5) is 11.4 Å². The molecule has 0 heterocycles. The lowest BCUT2D eigenvalue weighted by molar-refractivity contribution is 0.876. The van der Waals surface area contributed by atoms with Crippen molar-refractivity contribution in [3.05, 3.63) is 55.4 Å². The predicted molar refractivity (Wildman–Crippen MR) is 102 cm³/mol. The zero-order valence-corrected chi connectivity index (χ0v) is 16.9. The Balaban J connectivity index is 2.31. The minimum Gasteiger partial charge on any atom is -0.377 e. The molecule has 0 aliphatic rings. The Morgan fingerprint density at radius 3 is 2.19 bits per heavy atom. The summed E-state index contributed by atoms with van der Waals surface area (Å²) in [5, 5.41) is 3.59. The number of halogens is 3. The maximum Gasteiger partial charge on any atom is 0.0597 e. The van der Waals surface area contributed by atoms with Gasteiger partial charge in [0.15, 0.2) is 0 Å². The van der Waals surface area contributed by atoms with E-state index in [1.54, 1.807) is 0 Å². The average molecular weight is 477 g/mol. The molecule has 0 fully saturated rings. The molecule has 0 bridgehead atoms. The highest BCUT2D eigenvalue weighted by atomic mass is 79.9. The fourth-order valence-electron chi connectivity index (χ4n) is 2.18. The summed E-state index contributed by atoms with van der Waals surface area (Å²) in [5.41, 5.74) is 3.50. The summed E-state index contributed by atoms with van der Waals surface area (Å²) in [4.78, 5) is 2.11. The van der Waals surface area contributed by atoms with Crippen LogP contribution in [0.25, 0.3) is 0 Å². The molecule has 0 radical (unpaired) electrons. The van der Waals surface area contributed by atoms with Crippen molar-refractivity contribution in [3.8, 4) is 0 Å². The minimum absolute atomic E-state index is 0.195. The highest BCUT2D eigenvalue weighted by Gasteiger charge is 2.13. The molecule has 0 spiro atoms. The van der Waals surface area contributed by atoms with Gasteiger partial charge in [0, 0.05) is 33.6 Å². The van der Waals surface area contributed by atoms with E-state index in [2.05, 4.69) is 115 Å². The van der Waals surface area contributed by atoms with E-state index in [0.717, 1.165) is 19.1 Å². The number of hydrogen-bond acceptors (Lipinski definition) is 2. The van der Waals surface area contributed by atoms with Gasteiger partial charge >= 0.3 is 0 Å². The average Bonchev–Trinajstić information content (AvgIpc) is 2.37. The van der Waals surface area contributed by atoms with Crippen molar-refractivity contribution in [1.82, 2.24) is 0 Å². The van der Waals surface area contributed by atoms with Crippen LogP contribution < -0.4 is 10.2 Å². The largest absolute Gasteiger partial charge is 0.377 e. The van der Waals surface area contributed by atoms with E-state index >= 15 is 0 Å². The second kappa shape index (κ2) is 7.16. The Labute approximate surface area is 151 Å². The molecule has 1 N–H and O–H groups in total. The monoisotopic (exact) mass is 474 g/mol. The van der Waals surface area contributed by atoms with Crippen molar-refractivity contribution in [2.24, 2.45) is 0 Å². The lowest BCUT2D eigenvalue weighted by Gasteiger charge is -2.23. The van der Waals surface area contributed by atoms with Crippen LogP contribution in [0.3, 0.4) is 0 Å². The van der Waals surface area contributed by atoms with Crippen molar-refractivity contribution < 1.29 is 0 Å². The maximum atomic E-state index is 3.63. The smallest absolute Gasteiger partial charge is 0.0597 e. The number of anilines is 2. The van der Waals surface area contributed by atoms with Crippen LogP contribution in [0.1, 0.15) is 18.5 Å². The van der Waals surface area contributed by atoms with Gasteiger partial charge in [0.25, 0.3) is 0 Å². The second-order valence-corrected chi connectivity index (χ2v) is 7.77. The molecule has 2 aromatic carbocycles. The standard InChI is InChI=1S/C16H17Br3N2/c1-10(13-6-4-11(17)8-14(13)19)20-15-9-12(18)5-7-16(15)21(2)3/h4-10,20H,1-3H3. The quantitative estimate of drug-likeness (QED) is 0.564. The summed E-state index contributed by atoms with van der Waals surface area (Å²) in [6, 6.07) is 12.7. The van der Waals surface area contributed by atoms with Gasteiger partial charge in [-0.3, -0.25) is 0 Å². The van der Waals surface area contributed by atoms with E-state index in [0.29, 0.717) is 0 Å². The summed E-state index contributed by atoms with van der Waals surface area (Å²) in [7, 11) is 4.10. The molecule has 1 atom stereocenters. The fourth-order valence-corrected chi connectivity index (χ4v) is 3.93. The van der Waals surface area contributed by atoms with Crippen molar-refractivity contribution in [3.63, 3.8) is 0 Å². The van der Waals surface area contributed by atoms with Gasteiger partial charge in [-0.2, -0.15) is 0 Å². The molecule has 0 amide bonds. The van der Waals surface area contributed by atoms with E-state index in [9.17, 15) is 0 Å². The number of benzene rings is 2. The minimum atomic E-state index is 0.195. The molecule has 1 unspecified atom stereocenters. The van der Waals surface area contributed by atoms with Crippen LogP contribution in [0.15, 0.2) is 49.8 Å². The summed E-state index contributed by atoms with van der Waals surface area (Å²) in [5.74, 6) is 0. The second-order valence-electron chi connectivity index (χ2n) is 5.09. The molecule has 0 saturated carbocycles. The van der Waals surface area contributed by atoms with Gasteiger partial charge in [0.1, 0.15) is 0 Å². The Morgan fingerprint density at radius 2 is 1.57 bits per heavy atom. The molecule has 0 saturated heterocycles. The zero-order valence-electron chi connectivity index (χ0n) is 12.1. The number of rotatable bonds is 4. The number of hydrogen-bond donors (Lipinski definition) is 1. The molecule has 0 aliphatic heterocycles. The van der Waals surface area contributed by atoms with Crippen molar-refractivity contribution in [1.29, 1.82) is 0 Å². The van der Waals surface area contributed by atoms with Gasteiger partial charge < -0.3 is 10.2 Å². The van der Waals surface area contributed by atoms with Crippen LogP contribution >= 0.6 is 47.8 Å². The van der Waals surface area contributed by atoms with Crippen molar-refractivity contribution in [2.75, 3.05) is 24.3 Å². The highest BCUT2D eigenvalue weighted by Crippen LogP contribution is 2.33. The first-order valence-electron chi connectivity index (χ1n) is 6.57. The van der Waals surface area contributed by atoms with Gasteiger partial charge in [0.05, 0.1) is 11.4 Å². The van der Waals surface area contributed by atoms with Crippen LogP contribution in [-0.2, 0) is 0 Å². The summed E-state index contributed by atoms with van der Waals surface area (Å²) < 4.78 is 3.23. The van der Waals surface area contributed by atoms with Gasteiger partial charge in [-0.1, -0.05) is 53.9 Å². The Hall–Kier alpha value is -0.520. The van der Waals surface area contributed by atoms with E-state index in [4.69, 9.17) is 0 Å². The third-order valence-corrected chi connectivity index (χ3v) is 4.91. The number of nitrogens with zero attached hydrogens (tertiary/aromatic N) is 1. The molecule has 0 aliphatic carbocycles. The van der Waals surface area contributed by atoms with Crippen LogP contribution in [0, 0.1) is 0 Å². The SMILES string of the molecule is CC(Nc1cc(Br)ccc1N(C)C)c1ccc(Br)cc1Br. The normalized spacial score (nSPS) is 12.1. The van der Waals surface area contributed by atoms with Gasteiger partial charge in [-0.15, -0.1) is 0 Å². The molecule has 112 valence electrons. The first kappa shape index (κ1) is 16.8. The molecule has 21 heavy (non-hydrogen) atoms. The third kappa shape index (κ3) is 4.24. The van der Waals surface area contributed by atoms with Gasteiger partial charge in [-0.25, -0.2) is 0 Å². The van der Waals surface area contributed by atoms with E-state index < -0.39 is 0 Å². The molecule has 2 nitrogen and oxygen atoms in total. The zero-order chi connectivity index (χ0) is 15.6. The topological polar surface area (TPSA) is 15.3 Å². The summed E-state index contributed by atoms with van der Waals surface area (Å²) >= 11 is 10.7. The molecular weight excluding hydrogens is 460 g/mol. The first-order chi connectivity index (χ1) is 9.88. The third-order valence-electron chi connectivity index (χ3n) is 3.24. The van der Waals surface area contributed by atoms with E-state index in [-0.39, 0.29) is 6.04 Å². The van der Waals surface area contributed by atoms with Crippen LogP contribution in [-0.4, -0.2) is 14.1 Å². The van der Waals surface area contributed by atoms with Crippen molar-refractivity contribution in [2.45, 2.75) is 13.0 Å². The van der Waals surface area contributed by atoms with Gasteiger partial charge in [0.2, 0.25) is 0 Å².